The summed E-state index contributed by atoms with van der Waals surface area (Å²) in [5, 5.41) is 3.46. The fraction of sp³-hybridized carbons (Fsp3) is 0.643. The summed E-state index contributed by atoms with van der Waals surface area (Å²) in [7, 11) is 0. The zero-order valence-electron chi connectivity index (χ0n) is 10.9. The van der Waals surface area contributed by atoms with Crippen LogP contribution in [0.2, 0.25) is 0 Å². The molecule has 1 aromatic rings. The van der Waals surface area contributed by atoms with Crippen molar-refractivity contribution in [3.8, 4) is 0 Å². The van der Waals surface area contributed by atoms with Gasteiger partial charge in [0.05, 0.1) is 0 Å². The van der Waals surface area contributed by atoms with Crippen LogP contribution in [0.5, 0.6) is 0 Å². The van der Waals surface area contributed by atoms with Gasteiger partial charge in [0.2, 0.25) is 0 Å². The van der Waals surface area contributed by atoms with Crippen LogP contribution in [0.25, 0.3) is 0 Å². The van der Waals surface area contributed by atoms with Gasteiger partial charge >= 0.3 is 0 Å². The summed E-state index contributed by atoms with van der Waals surface area (Å²) in [6, 6.07) is 3.96. The normalized spacial score (nSPS) is 22.7. The molecule has 0 spiro atoms. The molecule has 1 saturated heterocycles. The van der Waals surface area contributed by atoms with Gasteiger partial charge in [0.25, 0.3) is 5.91 Å². The van der Waals surface area contributed by atoms with E-state index in [0.29, 0.717) is 22.4 Å². The van der Waals surface area contributed by atoms with Crippen molar-refractivity contribution in [2.75, 3.05) is 19.6 Å². The summed E-state index contributed by atoms with van der Waals surface area (Å²) < 4.78 is 6.01. The first kappa shape index (κ1) is 13.2. The SMILES string of the molecule is O=C(c1ccc(Br)o1)N(CC1CC1)CC1CCCN1. The van der Waals surface area contributed by atoms with Crippen molar-refractivity contribution in [2.24, 2.45) is 5.92 Å². The van der Waals surface area contributed by atoms with E-state index < -0.39 is 0 Å². The van der Waals surface area contributed by atoms with E-state index in [1.54, 1.807) is 12.1 Å². The zero-order valence-corrected chi connectivity index (χ0v) is 12.5. The highest BCUT2D eigenvalue weighted by molar-refractivity contribution is 9.10. The Balaban J connectivity index is 1.67. The van der Waals surface area contributed by atoms with Crippen molar-refractivity contribution >= 4 is 21.8 Å². The van der Waals surface area contributed by atoms with Gasteiger partial charge in [-0.2, -0.15) is 0 Å². The molecule has 19 heavy (non-hydrogen) atoms. The zero-order chi connectivity index (χ0) is 13.2. The summed E-state index contributed by atoms with van der Waals surface area (Å²) >= 11 is 3.25. The molecule has 0 aromatic carbocycles. The van der Waals surface area contributed by atoms with Gasteiger partial charge in [0, 0.05) is 19.1 Å². The number of nitrogens with zero attached hydrogens (tertiary/aromatic N) is 1. The number of furan rings is 1. The molecule has 1 saturated carbocycles. The number of halogens is 1. The molecular weight excluding hydrogens is 308 g/mol. The number of hydrogen-bond acceptors (Lipinski definition) is 3. The van der Waals surface area contributed by atoms with E-state index in [0.717, 1.165) is 26.1 Å². The second-order valence-electron chi connectivity index (χ2n) is 5.55. The van der Waals surface area contributed by atoms with Crippen LogP contribution in [-0.4, -0.2) is 36.5 Å². The van der Waals surface area contributed by atoms with Crippen LogP contribution in [0.15, 0.2) is 21.2 Å². The Bertz CT molecular complexity index is 450. The lowest BCUT2D eigenvalue weighted by Gasteiger charge is -2.25. The second kappa shape index (κ2) is 5.67. The molecule has 2 fully saturated rings. The first-order valence-corrected chi connectivity index (χ1v) is 7.79. The molecule has 1 aromatic heterocycles. The number of nitrogens with one attached hydrogen (secondary N) is 1. The number of amides is 1. The minimum absolute atomic E-state index is 0.0197. The average molecular weight is 327 g/mol. The van der Waals surface area contributed by atoms with E-state index in [-0.39, 0.29) is 5.91 Å². The average Bonchev–Trinajstić information content (AvgIpc) is 2.89. The van der Waals surface area contributed by atoms with E-state index in [2.05, 4.69) is 21.2 Å². The van der Waals surface area contributed by atoms with Gasteiger partial charge in [-0.1, -0.05) is 0 Å². The van der Waals surface area contributed by atoms with Crippen LogP contribution in [0.3, 0.4) is 0 Å². The molecule has 1 aliphatic carbocycles. The molecular formula is C14H19BrN2O2. The molecule has 0 radical (unpaired) electrons. The third kappa shape index (κ3) is 3.39. The highest BCUT2D eigenvalue weighted by atomic mass is 79.9. The minimum Gasteiger partial charge on any atom is -0.444 e. The maximum atomic E-state index is 12.5. The van der Waals surface area contributed by atoms with Crippen molar-refractivity contribution in [3.63, 3.8) is 0 Å². The molecule has 4 nitrogen and oxygen atoms in total. The Labute approximate surface area is 121 Å². The molecule has 0 bridgehead atoms. The van der Waals surface area contributed by atoms with Crippen LogP contribution >= 0.6 is 15.9 Å². The van der Waals surface area contributed by atoms with E-state index in [4.69, 9.17) is 4.42 Å². The van der Waals surface area contributed by atoms with E-state index in [9.17, 15) is 4.79 Å². The maximum absolute atomic E-state index is 12.5. The monoisotopic (exact) mass is 326 g/mol. The predicted octanol–water partition coefficient (Wildman–Crippen LogP) is 2.65. The van der Waals surface area contributed by atoms with Crippen LogP contribution < -0.4 is 5.32 Å². The fourth-order valence-electron chi connectivity index (χ4n) is 2.62. The van der Waals surface area contributed by atoms with Crippen LogP contribution in [-0.2, 0) is 0 Å². The smallest absolute Gasteiger partial charge is 0.289 e. The van der Waals surface area contributed by atoms with Crippen LogP contribution in [0, 0.1) is 5.92 Å². The summed E-state index contributed by atoms with van der Waals surface area (Å²) in [5.74, 6) is 1.15. The lowest BCUT2D eigenvalue weighted by Crippen LogP contribution is -2.42. The van der Waals surface area contributed by atoms with Gasteiger partial charge in [-0.05, 0) is 66.2 Å². The first-order chi connectivity index (χ1) is 9.22. The molecule has 1 unspecified atom stereocenters. The molecule has 1 atom stereocenters. The number of hydrogen-bond donors (Lipinski definition) is 1. The van der Waals surface area contributed by atoms with Gasteiger partial charge < -0.3 is 14.6 Å². The largest absolute Gasteiger partial charge is 0.444 e. The molecule has 2 aliphatic rings. The Hall–Kier alpha value is -0.810. The van der Waals surface area contributed by atoms with Gasteiger partial charge in [0.1, 0.15) is 0 Å². The van der Waals surface area contributed by atoms with Crippen molar-refractivity contribution in [3.05, 3.63) is 22.6 Å². The molecule has 1 aliphatic heterocycles. The second-order valence-corrected chi connectivity index (χ2v) is 6.33. The minimum atomic E-state index is 0.0197. The molecule has 3 rings (SSSR count). The summed E-state index contributed by atoms with van der Waals surface area (Å²) in [4.78, 5) is 14.5. The Morgan fingerprint density at radius 3 is 2.79 bits per heavy atom. The topological polar surface area (TPSA) is 45.5 Å². The number of carbonyl (C=O) groups is 1. The van der Waals surface area contributed by atoms with Gasteiger partial charge in [-0.25, -0.2) is 0 Å². The molecule has 5 heteroatoms. The number of carbonyl (C=O) groups excluding carboxylic acids is 1. The standard InChI is InChI=1S/C14H19BrN2O2/c15-13-6-5-12(19-13)14(18)17(8-10-3-4-10)9-11-2-1-7-16-11/h5-6,10-11,16H,1-4,7-9H2. The van der Waals surface area contributed by atoms with Crippen LogP contribution in [0.4, 0.5) is 0 Å². The van der Waals surface area contributed by atoms with Crippen molar-refractivity contribution < 1.29 is 9.21 Å². The van der Waals surface area contributed by atoms with Crippen molar-refractivity contribution in [1.29, 1.82) is 0 Å². The summed E-state index contributed by atoms with van der Waals surface area (Å²) in [6.45, 7) is 2.74. The molecule has 1 amide bonds. The predicted molar refractivity (Wildman–Crippen MR) is 76.1 cm³/mol. The van der Waals surface area contributed by atoms with Gasteiger partial charge in [-0.3, -0.25) is 4.79 Å². The molecule has 2 heterocycles. The Morgan fingerprint density at radius 2 is 2.21 bits per heavy atom. The highest BCUT2D eigenvalue weighted by Gasteiger charge is 2.30. The van der Waals surface area contributed by atoms with E-state index in [1.165, 1.54) is 19.3 Å². The quantitative estimate of drug-likeness (QED) is 0.904. The maximum Gasteiger partial charge on any atom is 0.289 e. The highest BCUT2D eigenvalue weighted by Crippen LogP contribution is 2.30. The fourth-order valence-corrected chi connectivity index (χ4v) is 2.92. The van der Waals surface area contributed by atoms with Gasteiger partial charge in [0.15, 0.2) is 10.4 Å². The lowest BCUT2D eigenvalue weighted by atomic mass is 10.2. The Morgan fingerprint density at radius 1 is 1.37 bits per heavy atom. The number of rotatable bonds is 5. The van der Waals surface area contributed by atoms with Gasteiger partial charge in [-0.15, -0.1) is 0 Å². The summed E-state index contributed by atoms with van der Waals surface area (Å²) in [6.07, 6.45) is 4.88. The summed E-state index contributed by atoms with van der Waals surface area (Å²) in [5.41, 5.74) is 0. The van der Waals surface area contributed by atoms with E-state index >= 15 is 0 Å². The lowest BCUT2D eigenvalue weighted by molar-refractivity contribution is 0.0700. The third-order valence-corrected chi connectivity index (χ3v) is 4.28. The van der Waals surface area contributed by atoms with Crippen molar-refractivity contribution in [2.45, 2.75) is 31.7 Å². The van der Waals surface area contributed by atoms with Crippen LogP contribution in [0.1, 0.15) is 36.2 Å². The van der Waals surface area contributed by atoms with E-state index in [1.807, 2.05) is 4.90 Å². The third-order valence-electron chi connectivity index (χ3n) is 3.85. The first-order valence-electron chi connectivity index (χ1n) is 7.00. The van der Waals surface area contributed by atoms with Crippen molar-refractivity contribution in [1.82, 2.24) is 10.2 Å². The molecule has 104 valence electrons. The Kier molecular flexibility index (Phi) is 3.93. The molecule has 1 N–H and O–H groups in total.